The first-order valence-electron chi connectivity index (χ1n) is 11.2. The number of aliphatic hydroxyl groups is 1. The molecule has 4 aromatic rings. The third-order valence-corrected chi connectivity index (χ3v) is 5.35. The van der Waals surface area contributed by atoms with E-state index in [2.05, 4.69) is 52.0 Å². The van der Waals surface area contributed by atoms with Crippen LogP contribution in [0.1, 0.15) is 28.1 Å². The number of hydrogen-bond donors (Lipinski definition) is 3. The van der Waals surface area contributed by atoms with E-state index in [1.807, 2.05) is 37.3 Å². The molecular weight excluding hydrogens is 488 g/mol. The lowest BCUT2D eigenvalue weighted by Crippen LogP contribution is -2.09. The fourth-order valence-electron chi connectivity index (χ4n) is 3.40. The first kappa shape index (κ1) is 25.6. The lowest BCUT2D eigenvalue weighted by atomic mass is 10.1. The average molecular weight is 511 g/mol. The van der Waals surface area contributed by atoms with Gasteiger partial charge in [0, 0.05) is 18.3 Å². The molecule has 0 bridgehead atoms. The highest BCUT2D eigenvalue weighted by molar-refractivity contribution is 5.76. The molecule has 0 radical (unpaired) electrons. The second kappa shape index (κ2) is 11.1. The van der Waals surface area contributed by atoms with Gasteiger partial charge in [-0.25, -0.2) is 4.98 Å². The van der Waals surface area contributed by atoms with E-state index >= 15 is 0 Å². The van der Waals surface area contributed by atoms with Gasteiger partial charge in [0.2, 0.25) is 0 Å². The largest absolute Gasteiger partial charge is 0.467 e. The number of nitrogens with zero attached hydrogens (tertiary/aromatic N) is 10. The fraction of sp³-hybridized carbons (Fsp3) is 0.208. The maximum absolute atomic E-state index is 9.90. The summed E-state index contributed by atoms with van der Waals surface area (Å²) in [6, 6.07) is 11.8. The molecule has 0 saturated heterocycles. The van der Waals surface area contributed by atoms with E-state index in [1.54, 1.807) is 14.0 Å². The number of ether oxygens (including phenoxy) is 1. The second-order valence-corrected chi connectivity index (χ2v) is 7.81. The molecule has 3 aromatic heterocycles. The van der Waals surface area contributed by atoms with Crippen molar-refractivity contribution in [3.05, 3.63) is 58.5 Å². The summed E-state index contributed by atoms with van der Waals surface area (Å²) in [4.78, 5) is 16.7. The van der Waals surface area contributed by atoms with Crippen LogP contribution in [0, 0.1) is 36.5 Å². The van der Waals surface area contributed by atoms with Gasteiger partial charge in [-0.2, -0.15) is 35.3 Å². The van der Waals surface area contributed by atoms with Crippen molar-refractivity contribution in [1.29, 1.82) is 10.5 Å². The van der Waals surface area contributed by atoms with Gasteiger partial charge in [-0.1, -0.05) is 17.7 Å². The predicted octanol–water partition coefficient (Wildman–Crippen LogP) is 3.51. The van der Waals surface area contributed by atoms with E-state index in [9.17, 15) is 15.6 Å². The average Bonchev–Trinajstić information content (AvgIpc) is 3.36. The van der Waals surface area contributed by atoms with E-state index in [1.165, 1.54) is 18.0 Å². The molecule has 0 spiro atoms. The number of aromatic nitrogens is 6. The normalized spacial score (nSPS) is 10.7. The Bertz CT molecular complexity index is 1570. The van der Waals surface area contributed by atoms with Crippen LogP contribution in [0.15, 0.2) is 40.7 Å². The number of rotatable bonds is 8. The Morgan fingerprint density at radius 2 is 1.79 bits per heavy atom. The van der Waals surface area contributed by atoms with Crippen molar-refractivity contribution in [2.75, 3.05) is 24.8 Å². The van der Waals surface area contributed by atoms with Crippen LogP contribution >= 0.6 is 0 Å². The summed E-state index contributed by atoms with van der Waals surface area (Å²) in [5, 5.41) is 47.9. The molecule has 0 saturated carbocycles. The summed E-state index contributed by atoms with van der Waals surface area (Å²) >= 11 is 0. The van der Waals surface area contributed by atoms with Crippen LogP contribution in [0.25, 0.3) is 5.95 Å². The Kier molecular flexibility index (Phi) is 7.46. The van der Waals surface area contributed by atoms with Gasteiger partial charge in [0.05, 0.1) is 18.9 Å². The Balaban J connectivity index is 1.79. The standard InChI is InChI=1S/C24H22N12O2/c1-13-5-7-16(8-6-13)29-20-17(10-26)14(2)19(21(27-3)32-20)34-35-22-15(9-25)11-28-36(22)23-30-18(12-37)31-24(33-23)38-4/h5-8,11,37H,12H2,1-4H3,(H2,27,29,32). The highest BCUT2D eigenvalue weighted by atomic mass is 16.5. The maximum atomic E-state index is 9.90. The number of nitrogens with one attached hydrogen (secondary N) is 2. The Hall–Kier alpha value is -5.47. The van der Waals surface area contributed by atoms with Crippen LogP contribution < -0.4 is 15.4 Å². The van der Waals surface area contributed by atoms with Crippen LogP contribution in [0.3, 0.4) is 0 Å². The van der Waals surface area contributed by atoms with Crippen molar-refractivity contribution in [2.24, 2.45) is 10.2 Å². The Labute approximate surface area is 217 Å². The number of nitriles is 2. The van der Waals surface area contributed by atoms with Gasteiger partial charge in [0.25, 0.3) is 5.95 Å². The van der Waals surface area contributed by atoms with E-state index in [-0.39, 0.29) is 34.7 Å². The number of aliphatic hydroxyl groups excluding tert-OH is 1. The van der Waals surface area contributed by atoms with E-state index in [0.29, 0.717) is 22.9 Å². The van der Waals surface area contributed by atoms with Crippen LogP contribution in [0.2, 0.25) is 0 Å². The summed E-state index contributed by atoms with van der Waals surface area (Å²) in [6.07, 6.45) is 1.28. The monoisotopic (exact) mass is 510 g/mol. The van der Waals surface area contributed by atoms with Gasteiger partial charge < -0.3 is 20.5 Å². The van der Waals surface area contributed by atoms with E-state index in [4.69, 9.17) is 4.74 Å². The summed E-state index contributed by atoms with van der Waals surface area (Å²) in [7, 11) is 3.03. The smallest absolute Gasteiger partial charge is 0.321 e. The molecule has 14 heteroatoms. The minimum absolute atomic E-state index is 0.0199. The van der Waals surface area contributed by atoms with Crippen LogP contribution in [0.4, 0.5) is 28.8 Å². The predicted molar refractivity (Wildman–Crippen MR) is 136 cm³/mol. The number of aryl methyl sites for hydroxylation is 1. The minimum atomic E-state index is -0.467. The quantitative estimate of drug-likeness (QED) is 0.293. The lowest BCUT2D eigenvalue weighted by Gasteiger charge is -2.14. The Morgan fingerprint density at radius 1 is 1.03 bits per heavy atom. The van der Waals surface area contributed by atoms with Crippen LogP contribution in [0.5, 0.6) is 6.01 Å². The molecule has 3 heterocycles. The molecule has 0 amide bonds. The van der Waals surface area contributed by atoms with Gasteiger partial charge in [-0.15, -0.1) is 10.2 Å². The first-order valence-corrected chi connectivity index (χ1v) is 11.2. The fourth-order valence-corrected chi connectivity index (χ4v) is 3.40. The summed E-state index contributed by atoms with van der Waals surface area (Å²) in [6.45, 7) is 3.24. The molecule has 1 aromatic carbocycles. The summed E-state index contributed by atoms with van der Waals surface area (Å²) in [5.74, 6) is 0.737. The van der Waals surface area contributed by atoms with Crippen LogP contribution in [-0.4, -0.2) is 49.0 Å². The number of hydrogen-bond acceptors (Lipinski definition) is 13. The molecule has 3 N–H and O–H groups in total. The number of methoxy groups -OCH3 is 1. The minimum Gasteiger partial charge on any atom is -0.467 e. The molecule has 4 rings (SSSR count). The summed E-state index contributed by atoms with van der Waals surface area (Å²) < 4.78 is 6.24. The number of azo groups is 1. The van der Waals surface area contributed by atoms with Gasteiger partial charge in [0.15, 0.2) is 23.3 Å². The molecule has 0 atom stereocenters. The lowest BCUT2D eigenvalue weighted by molar-refractivity contribution is 0.266. The van der Waals surface area contributed by atoms with Crippen molar-refractivity contribution < 1.29 is 9.84 Å². The molecule has 0 aliphatic rings. The van der Waals surface area contributed by atoms with Crippen molar-refractivity contribution in [3.63, 3.8) is 0 Å². The topological polar surface area (TPSA) is 195 Å². The zero-order valence-corrected chi connectivity index (χ0v) is 20.9. The third-order valence-electron chi connectivity index (χ3n) is 5.35. The molecule has 0 unspecified atom stereocenters. The molecule has 38 heavy (non-hydrogen) atoms. The molecule has 0 aliphatic heterocycles. The number of pyridine rings is 1. The SMILES string of the molecule is CNc1nc(Nc2ccc(C)cc2)c(C#N)c(C)c1N=Nc1c(C#N)cnn1-c1nc(CO)nc(OC)n1. The first-order chi connectivity index (χ1) is 18.4. The van der Waals surface area contributed by atoms with Crippen molar-refractivity contribution in [1.82, 2.24) is 29.7 Å². The third kappa shape index (κ3) is 5.06. The van der Waals surface area contributed by atoms with E-state index in [0.717, 1.165) is 11.3 Å². The van der Waals surface area contributed by atoms with Gasteiger partial charge in [-0.3, -0.25) is 0 Å². The maximum Gasteiger partial charge on any atom is 0.321 e. The highest BCUT2D eigenvalue weighted by Gasteiger charge is 2.20. The highest BCUT2D eigenvalue weighted by Crippen LogP contribution is 2.36. The molecule has 0 aliphatic carbocycles. The summed E-state index contributed by atoms with van der Waals surface area (Å²) in [5.41, 5.74) is 3.05. The van der Waals surface area contributed by atoms with Crippen molar-refractivity contribution in [3.8, 4) is 24.1 Å². The van der Waals surface area contributed by atoms with E-state index < -0.39 is 6.61 Å². The molecule has 14 nitrogen and oxygen atoms in total. The number of anilines is 3. The zero-order valence-electron chi connectivity index (χ0n) is 20.9. The van der Waals surface area contributed by atoms with Gasteiger partial charge in [-0.05, 0) is 26.0 Å². The number of benzene rings is 1. The second-order valence-electron chi connectivity index (χ2n) is 7.81. The molecule has 190 valence electrons. The zero-order chi connectivity index (χ0) is 27.2. The molecular formula is C24H22N12O2. The molecule has 0 fully saturated rings. The van der Waals surface area contributed by atoms with Crippen molar-refractivity contribution >= 4 is 28.8 Å². The van der Waals surface area contributed by atoms with Gasteiger partial charge in [0.1, 0.15) is 30.0 Å². The Morgan fingerprint density at radius 3 is 2.42 bits per heavy atom. The van der Waals surface area contributed by atoms with Crippen molar-refractivity contribution in [2.45, 2.75) is 20.5 Å². The van der Waals surface area contributed by atoms with Crippen LogP contribution in [-0.2, 0) is 6.61 Å². The van der Waals surface area contributed by atoms with Gasteiger partial charge >= 0.3 is 6.01 Å².